The number of aliphatic imine (C=N–C) groups is 1. The third kappa shape index (κ3) is 4.44. The van der Waals surface area contributed by atoms with Crippen molar-refractivity contribution < 1.29 is 9.59 Å². The van der Waals surface area contributed by atoms with Gasteiger partial charge in [-0.25, -0.2) is 4.99 Å². The zero-order chi connectivity index (χ0) is 18.0. The first kappa shape index (κ1) is 18.0. The molecule has 1 atom stereocenters. The van der Waals surface area contributed by atoms with E-state index in [1.165, 1.54) is 0 Å². The molecule has 0 spiro atoms. The molecule has 1 saturated heterocycles. The van der Waals surface area contributed by atoms with E-state index < -0.39 is 6.04 Å². The highest BCUT2D eigenvalue weighted by atomic mass is 35.5. The minimum Gasteiger partial charge on any atom is -0.343 e. The second-order valence-corrected chi connectivity index (χ2v) is 7.35. The summed E-state index contributed by atoms with van der Waals surface area (Å²) >= 11 is 11.9. The Morgan fingerprint density at radius 2 is 2.08 bits per heavy atom. The number of nitrogens with zero attached hydrogens (tertiary/aromatic N) is 2. The molecule has 1 aromatic rings. The van der Waals surface area contributed by atoms with Crippen LogP contribution in [0.25, 0.3) is 0 Å². The minimum absolute atomic E-state index is 0.0292. The first-order valence-corrected chi connectivity index (χ1v) is 9.06. The minimum atomic E-state index is -0.708. The molecule has 6 nitrogen and oxygen atoms in total. The molecule has 0 radical (unpaired) electrons. The molecule has 3 rings (SSSR count). The first-order chi connectivity index (χ1) is 11.9. The molecule has 134 valence electrons. The van der Waals surface area contributed by atoms with Crippen LogP contribution >= 0.6 is 23.2 Å². The predicted octanol–water partition coefficient (Wildman–Crippen LogP) is 2.91. The standard InChI is InChI=1S/C17H20Cl2N4O2/c1-10-4-6-23(7-5-10)17-21-14(16(25)22-17)9-15(24)20-13-3-2-11(18)8-12(13)19/h2-3,8,10,14H,4-7,9H2,1H3,(H,20,24)(H,21,22,25). The topological polar surface area (TPSA) is 73.8 Å². The van der Waals surface area contributed by atoms with E-state index >= 15 is 0 Å². The van der Waals surface area contributed by atoms with Crippen LogP contribution in [0.4, 0.5) is 5.69 Å². The van der Waals surface area contributed by atoms with Crippen LogP contribution in [-0.4, -0.2) is 41.8 Å². The van der Waals surface area contributed by atoms with Crippen LogP contribution in [-0.2, 0) is 9.59 Å². The summed E-state index contributed by atoms with van der Waals surface area (Å²) in [6.07, 6.45) is 2.13. The molecule has 0 aromatic heterocycles. The molecule has 2 N–H and O–H groups in total. The van der Waals surface area contributed by atoms with Crippen LogP contribution < -0.4 is 10.6 Å². The maximum Gasteiger partial charge on any atom is 0.252 e. The number of hydrogen-bond acceptors (Lipinski definition) is 4. The average Bonchev–Trinajstić information content (AvgIpc) is 2.91. The lowest BCUT2D eigenvalue weighted by molar-refractivity contribution is -0.124. The van der Waals surface area contributed by atoms with Crippen molar-refractivity contribution in [2.75, 3.05) is 18.4 Å². The number of likely N-dealkylation sites (tertiary alicyclic amines) is 1. The number of carbonyl (C=O) groups is 2. The quantitative estimate of drug-likeness (QED) is 0.843. The maximum absolute atomic E-state index is 12.2. The van der Waals surface area contributed by atoms with E-state index in [-0.39, 0.29) is 18.2 Å². The Hall–Kier alpha value is -1.79. The molecule has 1 unspecified atom stereocenters. The zero-order valence-corrected chi connectivity index (χ0v) is 15.4. The third-order valence-corrected chi connectivity index (χ3v) is 5.03. The van der Waals surface area contributed by atoms with Crippen molar-refractivity contribution in [1.82, 2.24) is 10.2 Å². The number of benzene rings is 1. The van der Waals surface area contributed by atoms with E-state index in [1.807, 2.05) is 0 Å². The number of piperidine rings is 1. The fourth-order valence-corrected chi connectivity index (χ4v) is 3.37. The van der Waals surface area contributed by atoms with Gasteiger partial charge in [-0.3, -0.25) is 14.9 Å². The zero-order valence-electron chi connectivity index (χ0n) is 13.9. The van der Waals surface area contributed by atoms with Gasteiger partial charge in [0.05, 0.1) is 17.1 Å². The van der Waals surface area contributed by atoms with Crippen molar-refractivity contribution in [3.63, 3.8) is 0 Å². The summed E-state index contributed by atoms with van der Waals surface area (Å²) in [5.74, 6) is 0.714. The fraction of sp³-hybridized carbons (Fsp3) is 0.471. The van der Waals surface area contributed by atoms with Gasteiger partial charge in [-0.2, -0.15) is 0 Å². The van der Waals surface area contributed by atoms with E-state index in [4.69, 9.17) is 23.2 Å². The number of guanidine groups is 1. The summed E-state index contributed by atoms with van der Waals surface area (Å²) in [6.45, 7) is 3.97. The van der Waals surface area contributed by atoms with E-state index in [0.29, 0.717) is 27.6 Å². The highest BCUT2D eigenvalue weighted by molar-refractivity contribution is 6.36. The molecule has 2 amide bonds. The van der Waals surface area contributed by atoms with Crippen LogP contribution in [0.5, 0.6) is 0 Å². The van der Waals surface area contributed by atoms with Crippen LogP contribution in [0.3, 0.4) is 0 Å². The molecule has 2 aliphatic rings. The molecular formula is C17H20Cl2N4O2. The van der Waals surface area contributed by atoms with E-state index in [2.05, 4.69) is 27.4 Å². The molecule has 1 fully saturated rings. The van der Waals surface area contributed by atoms with Gasteiger partial charge in [-0.1, -0.05) is 30.1 Å². The number of carbonyl (C=O) groups excluding carboxylic acids is 2. The number of halogens is 2. The Kier molecular flexibility index (Phi) is 5.49. The monoisotopic (exact) mass is 382 g/mol. The molecule has 2 aliphatic heterocycles. The number of nitrogens with one attached hydrogen (secondary N) is 2. The van der Waals surface area contributed by atoms with Crippen LogP contribution in [0.1, 0.15) is 26.2 Å². The van der Waals surface area contributed by atoms with E-state index in [0.717, 1.165) is 25.9 Å². The summed E-state index contributed by atoms with van der Waals surface area (Å²) in [4.78, 5) is 30.8. The molecular weight excluding hydrogens is 363 g/mol. The normalized spacial score (nSPS) is 21.1. The number of anilines is 1. The summed E-state index contributed by atoms with van der Waals surface area (Å²) in [5.41, 5.74) is 0.462. The molecule has 0 saturated carbocycles. The van der Waals surface area contributed by atoms with Gasteiger partial charge in [-0.05, 0) is 37.0 Å². The second-order valence-electron chi connectivity index (χ2n) is 6.50. The highest BCUT2D eigenvalue weighted by Crippen LogP contribution is 2.26. The lowest BCUT2D eigenvalue weighted by atomic mass is 10.00. The molecule has 1 aromatic carbocycles. The summed E-state index contributed by atoms with van der Waals surface area (Å²) in [7, 11) is 0. The Bertz CT molecular complexity index is 715. The number of rotatable bonds is 3. The first-order valence-electron chi connectivity index (χ1n) is 8.31. The highest BCUT2D eigenvalue weighted by Gasteiger charge is 2.32. The number of amides is 2. The van der Waals surface area contributed by atoms with Gasteiger partial charge in [0.2, 0.25) is 11.9 Å². The van der Waals surface area contributed by atoms with Crippen molar-refractivity contribution in [2.24, 2.45) is 10.9 Å². The van der Waals surface area contributed by atoms with Crippen LogP contribution in [0, 0.1) is 5.92 Å². The Labute approximate surface area is 156 Å². The van der Waals surface area contributed by atoms with Gasteiger partial charge in [0.25, 0.3) is 5.91 Å². The molecule has 25 heavy (non-hydrogen) atoms. The Morgan fingerprint density at radius 3 is 2.76 bits per heavy atom. The second kappa shape index (κ2) is 7.62. The Morgan fingerprint density at radius 1 is 1.36 bits per heavy atom. The van der Waals surface area contributed by atoms with Gasteiger partial charge >= 0.3 is 0 Å². The average molecular weight is 383 g/mol. The third-order valence-electron chi connectivity index (χ3n) is 4.48. The number of hydrogen-bond donors (Lipinski definition) is 2. The van der Waals surface area contributed by atoms with Gasteiger partial charge in [0.15, 0.2) is 0 Å². The lowest BCUT2D eigenvalue weighted by Crippen LogP contribution is -2.44. The molecule has 2 heterocycles. The van der Waals surface area contributed by atoms with Crippen molar-refractivity contribution in [3.8, 4) is 0 Å². The SMILES string of the molecule is CC1CCN(C2=NC(CC(=O)Nc3ccc(Cl)cc3Cl)C(=O)N2)CC1. The Balaban J connectivity index is 1.60. The fourth-order valence-electron chi connectivity index (χ4n) is 2.92. The maximum atomic E-state index is 12.2. The largest absolute Gasteiger partial charge is 0.343 e. The molecule has 0 aliphatic carbocycles. The van der Waals surface area contributed by atoms with Crippen LogP contribution in [0.15, 0.2) is 23.2 Å². The van der Waals surface area contributed by atoms with Gasteiger partial charge in [-0.15, -0.1) is 0 Å². The molecule has 0 bridgehead atoms. The summed E-state index contributed by atoms with van der Waals surface area (Å²) in [5, 5.41) is 6.32. The van der Waals surface area contributed by atoms with E-state index in [9.17, 15) is 9.59 Å². The van der Waals surface area contributed by atoms with Crippen LogP contribution in [0.2, 0.25) is 10.0 Å². The van der Waals surface area contributed by atoms with Gasteiger partial charge < -0.3 is 10.2 Å². The van der Waals surface area contributed by atoms with E-state index in [1.54, 1.807) is 18.2 Å². The predicted molar refractivity (Wildman–Crippen MR) is 99.0 cm³/mol. The van der Waals surface area contributed by atoms with Crippen molar-refractivity contribution in [2.45, 2.75) is 32.2 Å². The van der Waals surface area contributed by atoms with Crippen molar-refractivity contribution >= 4 is 46.7 Å². The van der Waals surface area contributed by atoms with Crippen molar-refractivity contribution in [1.29, 1.82) is 0 Å². The summed E-state index contributed by atoms with van der Waals surface area (Å²) < 4.78 is 0. The van der Waals surface area contributed by atoms with Gasteiger partial charge in [0, 0.05) is 18.1 Å². The van der Waals surface area contributed by atoms with Crippen molar-refractivity contribution in [3.05, 3.63) is 28.2 Å². The summed E-state index contributed by atoms with van der Waals surface area (Å²) in [6, 6.07) is 4.11. The van der Waals surface area contributed by atoms with Gasteiger partial charge in [0.1, 0.15) is 6.04 Å². The molecule has 8 heteroatoms. The lowest BCUT2D eigenvalue weighted by Gasteiger charge is -2.31. The smallest absolute Gasteiger partial charge is 0.252 e.